The van der Waals surface area contributed by atoms with Crippen molar-refractivity contribution < 1.29 is 14.0 Å². The molecular formula is C25H26BrN3O3. The van der Waals surface area contributed by atoms with Crippen LogP contribution >= 0.6 is 15.9 Å². The first-order valence-corrected chi connectivity index (χ1v) is 11.5. The zero-order chi connectivity index (χ0) is 22.7. The number of hydrogen-bond acceptors (Lipinski definition) is 4. The highest BCUT2D eigenvalue weighted by Gasteiger charge is 2.24. The third-order valence-electron chi connectivity index (χ3n) is 5.54. The first-order valence-electron chi connectivity index (χ1n) is 10.7. The third kappa shape index (κ3) is 4.88. The van der Waals surface area contributed by atoms with Gasteiger partial charge >= 0.3 is 0 Å². The molecule has 2 heterocycles. The Kier molecular flexibility index (Phi) is 6.65. The number of amides is 2. The fraction of sp³-hybridized carbons (Fsp3) is 0.280. The van der Waals surface area contributed by atoms with E-state index in [9.17, 15) is 9.59 Å². The Bertz CT molecular complexity index is 1100. The van der Waals surface area contributed by atoms with Gasteiger partial charge in [0.05, 0.1) is 11.4 Å². The number of piperazine rings is 1. The lowest BCUT2D eigenvalue weighted by Gasteiger charge is -2.37. The molecule has 6 nitrogen and oxygen atoms in total. The van der Waals surface area contributed by atoms with Crippen molar-refractivity contribution in [2.45, 2.75) is 13.8 Å². The summed E-state index contributed by atoms with van der Waals surface area (Å²) in [4.78, 5) is 29.3. The van der Waals surface area contributed by atoms with Crippen molar-refractivity contribution >= 4 is 39.1 Å². The Morgan fingerprint density at radius 2 is 1.62 bits per heavy atom. The molecule has 1 saturated heterocycles. The number of anilines is 2. The van der Waals surface area contributed by atoms with Crippen LogP contribution in [0.3, 0.4) is 0 Å². The second kappa shape index (κ2) is 9.61. The number of furan rings is 1. The van der Waals surface area contributed by atoms with Crippen LogP contribution in [0.15, 0.2) is 69.6 Å². The highest BCUT2D eigenvalue weighted by Crippen LogP contribution is 2.29. The maximum Gasteiger partial charge on any atom is 0.291 e. The Labute approximate surface area is 196 Å². The first-order chi connectivity index (χ1) is 15.4. The summed E-state index contributed by atoms with van der Waals surface area (Å²) >= 11 is 3.42. The van der Waals surface area contributed by atoms with Gasteiger partial charge in [-0.2, -0.15) is 0 Å². The van der Waals surface area contributed by atoms with Crippen LogP contribution in [0.25, 0.3) is 11.3 Å². The van der Waals surface area contributed by atoms with Crippen molar-refractivity contribution in [1.29, 1.82) is 0 Å². The molecule has 0 atom stereocenters. The lowest BCUT2D eigenvalue weighted by Crippen LogP contribution is -2.50. The lowest BCUT2D eigenvalue weighted by atomic mass is 10.1. The summed E-state index contributed by atoms with van der Waals surface area (Å²) in [6, 6.07) is 18.9. The van der Waals surface area contributed by atoms with Crippen molar-refractivity contribution in [2.24, 2.45) is 5.92 Å². The van der Waals surface area contributed by atoms with Crippen molar-refractivity contribution in [1.82, 2.24) is 4.90 Å². The van der Waals surface area contributed by atoms with E-state index >= 15 is 0 Å². The molecule has 0 unspecified atom stereocenters. The number of halogens is 1. The van der Waals surface area contributed by atoms with Crippen LogP contribution in [0, 0.1) is 5.92 Å². The molecule has 1 fully saturated rings. The van der Waals surface area contributed by atoms with E-state index in [-0.39, 0.29) is 23.5 Å². The summed E-state index contributed by atoms with van der Waals surface area (Å²) in [6.07, 6.45) is 0. The normalized spacial score (nSPS) is 14.0. The highest BCUT2D eigenvalue weighted by atomic mass is 79.9. The molecule has 1 N–H and O–H groups in total. The van der Waals surface area contributed by atoms with Gasteiger partial charge in [0.15, 0.2) is 5.76 Å². The van der Waals surface area contributed by atoms with Gasteiger partial charge in [0.25, 0.3) is 5.91 Å². The van der Waals surface area contributed by atoms with Crippen LogP contribution in [0.2, 0.25) is 0 Å². The zero-order valence-electron chi connectivity index (χ0n) is 18.2. The molecule has 3 aromatic rings. The van der Waals surface area contributed by atoms with Gasteiger partial charge in [0.1, 0.15) is 5.76 Å². The maximum atomic E-state index is 12.9. The summed E-state index contributed by atoms with van der Waals surface area (Å²) in [6.45, 7) is 6.65. The summed E-state index contributed by atoms with van der Waals surface area (Å²) in [7, 11) is 0. The van der Waals surface area contributed by atoms with Crippen molar-refractivity contribution in [3.05, 3.63) is 70.9 Å². The van der Waals surface area contributed by atoms with E-state index in [1.807, 2.05) is 67.3 Å². The van der Waals surface area contributed by atoms with Crippen molar-refractivity contribution in [3.8, 4) is 11.3 Å². The second-order valence-electron chi connectivity index (χ2n) is 8.11. The minimum absolute atomic E-state index is 0.00345. The van der Waals surface area contributed by atoms with Gasteiger partial charge in [0.2, 0.25) is 5.91 Å². The Hall–Kier alpha value is -3.06. The van der Waals surface area contributed by atoms with Crippen molar-refractivity contribution in [3.63, 3.8) is 0 Å². The van der Waals surface area contributed by atoms with Gasteiger partial charge in [-0.15, -0.1) is 0 Å². The molecule has 0 bridgehead atoms. The second-order valence-corrected chi connectivity index (χ2v) is 9.02. The molecule has 0 spiro atoms. The molecule has 7 heteroatoms. The fourth-order valence-corrected chi connectivity index (χ4v) is 4.07. The Morgan fingerprint density at radius 1 is 0.938 bits per heavy atom. The van der Waals surface area contributed by atoms with Crippen LogP contribution in [0.4, 0.5) is 11.4 Å². The number of hydrogen-bond donors (Lipinski definition) is 1. The van der Waals surface area contributed by atoms with Crippen molar-refractivity contribution in [2.75, 3.05) is 36.4 Å². The van der Waals surface area contributed by atoms with Gasteiger partial charge in [-0.3, -0.25) is 9.59 Å². The largest absolute Gasteiger partial charge is 0.451 e. The summed E-state index contributed by atoms with van der Waals surface area (Å²) in [5, 5.41) is 2.99. The van der Waals surface area contributed by atoms with Crippen LogP contribution in [0.1, 0.15) is 24.4 Å². The van der Waals surface area contributed by atoms with E-state index in [1.165, 1.54) is 0 Å². The van der Waals surface area contributed by atoms with E-state index in [0.717, 1.165) is 34.5 Å². The summed E-state index contributed by atoms with van der Waals surface area (Å²) in [5.41, 5.74) is 2.57. The average molecular weight is 496 g/mol. The molecule has 2 aromatic carbocycles. The molecule has 1 aromatic heterocycles. The number of benzene rings is 2. The van der Waals surface area contributed by atoms with Crippen LogP contribution < -0.4 is 10.2 Å². The first kappa shape index (κ1) is 22.1. The van der Waals surface area contributed by atoms with E-state index in [0.29, 0.717) is 18.8 Å². The molecule has 1 aliphatic rings. The lowest BCUT2D eigenvalue weighted by molar-refractivity contribution is -0.134. The number of nitrogens with one attached hydrogen (secondary N) is 1. The summed E-state index contributed by atoms with van der Waals surface area (Å²) in [5.74, 6) is 0.788. The average Bonchev–Trinajstić information content (AvgIpc) is 3.30. The third-order valence-corrected chi connectivity index (χ3v) is 6.07. The quantitative estimate of drug-likeness (QED) is 0.523. The number of para-hydroxylation sites is 2. The van der Waals surface area contributed by atoms with Gasteiger partial charge in [-0.25, -0.2) is 0 Å². The number of rotatable bonds is 5. The number of nitrogens with zero attached hydrogens (tertiary/aromatic N) is 2. The predicted molar refractivity (Wildman–Crippen MR) is 130 cm³/mol. The van der Waals surface area contributed by atoms with E-state index < -0.39 is 0 Å². The molecule has 1 aliphatic heterocycles. The minimum Gasteiger partial charge on any atom is -0.451 e. The summed E-state index contributed by atoms with van der Waals surface area (Å²) < 4.78 is 6.79. The Balaban J connectivity index is 1.45. The minimum atomic E-state index is -0.297. The smallest absolute Gasteiger partial charge is 0.291 e. The maximum absolute atomic E-state index is 12.9. The SMILES string of the molecule is CC(C)C(=O)N1CCN(c2ccccc2NC(=O)c2ccc(-c3ccc(Br)cc3)o2)CC1. The van der Waals surface area contributed by atoms with Crippen LogP contribution in [0.5, 0.6) is 0 Å². The van der Waals surface area contributed by atoms with Gasteiger partial charge in [0, 0.05) is 42.1 Å². The monoisotopic (exact) mass is 495 g/mol. The molecule has 32 heavy (non-hydrogen) atoms. The Morgan fingerprint density at radius 3 is 2.31 bits per heavy atom. The molecular weight excluding hydrogens is 470 g/mol. The number of carbonyl (C=O) groups excluding carboxylic acids is 2. The number of carbonyl (C=O) groups is 2. The molecule has 0 aliphatic carbocycles. The molecule has 4 rings (SSSR count). The predicted octanol–water partition coefficient (Wildman–Crippen LogP) is 5.27. The van der Waals surface area contributed by atoms with E-state index in [2.05, 4.69) is 26.1 Å². The fourth-order valence-electron chi connectivity index (χ4n) is 3.80. The standard InChI is InChI=1S/C25H26BrN3O3/c1-17(2)25(31)29-15-13-28(14-16-29)21-6-4-3-5-20(21)27-24(30)23-12-11-22(32-23)18-7-9-19(26)10-8-18/h3-12,17H,13-16H2,1-2H3,(H,27,30). The highest BCUT2D eigenvalue weighted by molar-refractivity contribution is 9.10. The molecule has 0 radical (unpaired) electrons. The van der Waals surface area contributed by atoms with Crippen LogP contribution in [-0.2, 0) is 4.79 Å². The van der Waals surface area contributed by atoms with Gasteiger partial charge in [-0.1, -0.05) is 54.0 Å². The van der Waals surface area contributed by atoms with Crippen LogP contribution in [-0.4, -0.2) is 42.9 Å². The van der Waals surface area contributed by atoms with E-state index in [1.54, 1.807) is 12.1 Å². The molecule has 0 saturated carbocycles. The zero-order valence-corrected chi connectivity index (χ0v) is 19.8. The molecule has 2 amide bonds. The topological polar surface area (TPSA) is 65.8 Å². The van der Waals surface area contributed by atoms with Gasteiger partial charge < -0.3 is 19.5 Å². The van der Waals surface area contributed by atoms with Gasteiger partial charge in [-0.05, 0) is 36.4 Å². The van der Waals surface area contributed by atoms with E-state index in [4.69, 9.17) is 4.42 Å². The molecule has 166 valence electrons.